The quantitative estimate of drug-likeness (QED) is 0.320. The number of aliphatic hydroxyl groups excluding tert-OH is 3. The molecule has 0 aliphatic carbocycles. The Morgan fingerprint density at radius 3 is 1.61 bits per heavy atom. The summed E-state index contributed by atoms with van der Waals surface area (Å²) in [6, 6.07) is 0. The van der Waals surface area contributed by atoms with E-state index in [2.05, 4.69) is 0 Å². The van der Waals surface area contributed by atoms with E-state index >= 15 is 0 Å². The summed E-state index contributed by atoms with van der Waals surface area (Å²) in [5.74, 6) is -0.346. The number of esters is 1. The molecule has 0 saturated carbocycles. The zero-order valence-corrected chi connectivity index (χ0v) is 18.7. The van der Waals surface area contributed by atoms with E-state index < -0.39 is 30.0 Å². The van der Waals surface area contributed by atoms with Crippen molar-refractivity contribution in [1.82, 2.24) is 0 Å². The van der Waals surface area contributed by atoms with Crippen molar-refractivity contribution in [2.45, 2.75) is 122 Å². The van der Waals surface area contributed by atoms with Crippen LogP contribution in [0.5, 0.6) is 0 Å². The van der Waals surface area contributed by atoms with Crippen LogP contribution >= 0.6 is 0 Å². The molecule has 0 bridgehead atoms. The Morgan fingerprint density at radius 2 is 1.25 bits per heavy atom. The summed E-state index contributed by atoms with van der Waals surface area (Å²) < 4.78 is 12.4. The van der Waals surface area contributed by atoms with E-state index in [-0.39, 0.29) is 12.6 Å². The predicted octanol–water partition coefficient (Wildman–Crippen LogP) is 3.74. The molecule has 0 radical (unpaired) electrons. The maximum atomic E-state index is 12.2. The zero-order valence-electron chi connectivity index (χ0n) is 18.7. The topological polar surface area (TPSA) is 96.2 Å². The maximum absolute atomic E-state index is 12.2. The minimum absolute atomic E-state index is 0.291. The summed E-state index contributed by atoms with van der Waals surface area (Å²) in [6.45, 7) is 9.27. The average molecular weight is 405 g/mol. The predicted molar refractivity (Wildman–Crippen MR) is 111 cm³/mol. The largest absolute Gasteiger partial charge is 0.457 e. The normalized spacial score (nSPS) is 14.7. The van der Waals surface area contributed by atoms with Gasteiger partial charge in [-0.05, 0) is 32.1 Å². The molecule has 2 atom stereocenters. The third kappa shape index (κ3) is 7.62. The first kappa shape index (κ1) is 27.3. The van der Waals surface area contributed by atoms with E-state index in [4.69, 9.17) is 9.47 Å². The lowest BCUT2D eigenvalue weighted by Crippen LogP contribution is -2.59. The SMILES string of the molecule is CCCC(=O)OC(CO)C(CCC)(CCC)OC(CCC)(CCC)C(O)CO. The second-order valence-corrected chi connectivity index (χ2v) is 7.84. The number of aliphatic hydroxyl groups is 3. The molecule has 0 heterocycles. The van der Waals surface area contributed by atoms with Crippen LogP contribution in [0.4, 0.5) is 0 Å². The van der Waals surface area contributed by atoms with Crippen molar-refractivity contribution in [3.8, 4) is 0 Å². The van der Waals surface area contributed by atoms with Gasteiger partial charge < -0.3 is 24.8 Å². The highest BCUT2D eigenvalue weighted by Gasteiger charge is 2.49. The second-order valence-electron chi connectivity index (χ2n) is 7.84. The van der Waals surface area contributed by atoms with Gasteiger partial charge in [0.2, 0.25) is 0 Å². The molecule has 0 aromatic carbocycles. The lowest BCUT2D eigenvalue weighted by Gasteiger charge is -2.49. The molecule has 0 aromatic rings. The molecule has 0 aromatic heterocycles. The van der Waals surface area contributed by atoms with Gasteiger partial charge in [-0.25, -0.2) is 0 Å². The summed E-state index contributed by atoms with van der Waals surface area (Å²) in [5, 5.41) is 30.5. The van der Waals surface area contributed by atoms with E-state index in [0.717, 1.165) is 25.7 Å². The first-order chi connectivity index (χ1) is 13.3. The van der Waals surface area contributed by atoms with Gasteiger partial charge in [0.15, 0.2) is 6.10 Å². The van der Waals surface area contributed by atoms with Crippen LogP contribution in [-0.2, 0) is 14.3 Å². The molecule has 0 fully saturated rings. The Hall–Kier alpha value is -0.690. The van der Waals surface area contributed by atoms with Gasteiger partial charge in [-0.3, -0.25) is 4.79 Å². The van der Waals surface area contributed by atoms with Gasteiger partial charge in [0.25, 0.3) is 0 Å². The second kappa shape index (κ2) is 14.3. The Morgan fingerprint density at radius 1 is 0.786 bits per heavy atom. The van der Waals surface area contributed by atoms with Gasteiger partial charge in [-0.2, -0.15) is 0 Å². The highest BCUT2D eigenvalue weighted by atomic mass is 16.6. The molecule has 0 aliphatic heterocycles. The Bertz CT molecular complexity index is 400. The highest BCUT2D eigenvalue weighted by Crippen LogP contribution is 2.40. The van der Waals surface area contributed by atoms with Crippen LogP contribution < -0.4 is 0 Å². The van der Waals surface area contributed by atoms with E-state index in [0.29, 0.717) is 38.5 Å². The summed E-state index contributed by atoms with van der Waals surface area (Å²) >= 11 is 0. The van der Waals surface area contributed by atoms with Crippen molar-refractivity contribution >= 4 is 5.97 Å². The summed E-state index contributed by atoms with van der Waals surface area (Å²) in [4.78, 5) is 12.2. The Balaban J connectivity index is 6.13. The average Bonchev–Trinajstić information content (AvgIpc) is 2.66. The maximum Gasteiger partial charge on any atom is 0.306 e. The molecule has 0 spiro atoms. The van der Waals surface area contributed by atoms with Crippen LogP contribution in [-0.4, -0.2) is 57.9 Å². The van der Waals surface area contributed by atoms with Gasteiger partial charge in [-0.1, -0.05) is 60.3 Å². The third-order valence-electron chi connectivity index (χ3n) is 5.36. The number of carbonyl (C=O) groups excluding carboxylic acids is 1. The zero-order chi connectivity index (χ0) is 21.6. The fraction of sp³-hybridized carbons (Fsp3) is 0.955. The van der Waals surface area contributed by atoms with Crippen molar-refractivity contribution < 1.29 is 29.6 Å². The summed E-state index contributed by atoms with van der Waals surface area (Å²) in [7, 11) is 0. The van der Waals surface area contributed by atoms with Crippen LogP contribution in [0.3, 0.4) is 0 Å². The number of rotatable bonds is 17. The lowest BCUT2D eigenvalue weighted by molar-refractivity contribution is -0.257. The minimum atomic E-state index is -1.04. The van der Waals surface area contributed by atoms with E-state index in [1.165, 1.54) is 0 Å². The molecular weight excluding hydrogens is 360 g/mol. The van der Waals surface area contributed by atoms with Crippen LogP contribution in [0, 0.1) is 0 Å². The molecule has 2 unspecified atom stereocenters. The monoisotopic (exact) mass is 404 g/mol. The Labute approximate surface area is 171 Å². The summed E-state index contributed by atoms with van der Waals surface area (Å²) in [5.41, 5.74) is -1.84. The number of ether oxygens (including phenoxy) is 2. The molecule has 6 nitrogen and oxygen atoms in total. The third-order valence-corrected chi connectivity index (χ3v) is 5.36. The van der Waals surface area contributed by atoms with Gasteiger partial charge in [0.05, 0.1) is 18.8 Å². The molecule has 3 N–H and O–H groups in total. The standard InChI is InChI=1S/C22H44O6/c1-6-11-20(26)27-19(17-24)22(14-9-4,15-10-5)28-21(12-7-2,13-8-3)18(25)16-23/h18-19,23-25H,6-17H2,1-5H3. The fourth-order valence-corrected chi connectivity index (χ4v) is 4.24. The molecule has 28 heavy (non-hydrogen) atoms. The lowest BCUT2D eigenvalue weighted by atomic mass is 9.81. The van der Waals surface area contributed by atoms with Crippen LogP contribution in [0.1, 0.15) is 98.8 Å². The molecule has 168 valence electrons. The molecule has 0 rings (SSSR count). The summed E-state index contributed by atoms with van der Waals surface area (Å²) in [6.07, 6.45) is 4.61. The number of carbonyl (C=O) groups is 1. The van der Waals surface area contributed by atoms with Crippen molar-refractivity contribution in [1.29, 1.82) is 0 Å². The van der Waals surface area contributed by atoms with E-state index in [1.807, 2.05) is 34.6 Å². The smallest absolute Gasteiger partial charge is 0.306 e. The Kier molecular flexibility index (Phi) is 14.0. The van der Waals surface area contributed by atoms with Crippen molar-refractivity contribution in [3.05, 3.63) is 0 Å². The highest BCUT2D eigenvalue weighted by molar-refractivity contribution is 5.69. The number of hydrogen-bond donors (Lipinski definition) is 3. The first-order valence-electron chi connectivity index (χ1n) is 11.1. The van der Waals surface area contributed by atoms with Crippen LogP contribution in [0.25, 0.3) is 0 Å². The van der Waals surface area contributed by atoms with Crippen molar-refractivity contribution in [2.75, 3.05) is 13.2 Å². The molecule has 0 aliphatic rings. The van der Waals surface area contributed by atoms with Gasteiger partial charge in [0, 0.05) is 6.42 Å². The minimum Gasteiger partial charge on any atom is -0.457 e. The fourth-order valence-electron chi connectivity index (χ4n) is 4.24. The van der Waals surface area contributed by atoms with Gasteiger partial charge in [-0.15, -0.1) is 0 Å². The van der Waals surface area contributed by atoms with E-state index in [9.17, 15) is 20.1 Å². The first-order valence-corrected chi connectivity index (χ1v) is 11.1. The molecule has 6 heteroatoms. The number of hydrogen-bond acceptors (Lipinski definition) is 6. The molecule has 0 amide bonds. The van der Waals surface area contributed by atoms with Crippen LogP contribution in [0.15, 0.2) is 0 Å². The van der Waals surface area contributed by atoms with Gasteiger partial charge >= 0.3 is 5.97 Å². The molecule has 0 saturated heterocycles. The van der Waals surface area contributed by atoms with Crippen molar-refractivity contribution in [2.24, 2.45) is 0 Å². The van der Waals surface area contributed by atoms with E-state index in [1.54, 1.807) is 0 Å². The molecular formula is C22H44O6. The van der Waals surface area contributed by atoms with Crippen molar-refractivity contribution in [3.63, 3.8) is 0 Å². The van der Waals surface area contributed by atoms with Crippen LogP contribution in [0.2, 0.25) is 0 Å². The van der Waals surface area contributed by atoms with Gasteiger partial charge in [0.1, 0.15) is 11.7 Å².